The molecule has 2 aliphatic rings. The molecular formula is C26H35FN8O2S. The lowest BCUT2D eigenvalue weighted by Gasteiger charge is -2.48. The van der Waals surface area contributed by atoms with Crippen LogP contribution in [-0.4, -0.2) is 77.2 Å². The van der Waals surface area contributed by atoms with E-state index in [1.807, 2.05) is 30.3 Å². The Kier molecular flexibility index (Phi) is 7.10. The van der Waals surface area contributed by atoms with Crippen LogP contribution >= 0.6 is 0 Å². The minimum absolute atomic E-state index is 0.0333. The number of nitrogens with one attached hydrogen (secondary N) is 1. The van der Waals surface area contributed by atoms with Crippen LogP contribution in [0.2, 0.25) is 0 Å². The second-order valence-electron chi connectivity index (χ2n) is 11.0. The summed E-state index contributed by atoms with van der Waals surface area (Å²) in [7, 11) is -3.04. The smallest absolute Gasteiger partial charge is 0.233 e. The van der Waals surface area contributed by atoms with Crippen molar-refractivity contribution in [1.29, 1.82) is 0 Å². The minimum Gasteiger partial charge on any atom is -0.366 e. The topological polar surface area (TPSA) is 117 Å². The zero-order chi connectivity index (χ0) is 27.2. The van der Waals surface area contributed by atoms with Crippen molar-refractivity contribution in [3.8, 4) is 0 Å². The van der Waals surface area contributed by atoms with Gasteiger partial charge in [0, 0.05) is 48.3 Å². The van der Waals surface area contributed by atoms with Crippen LogP contribution in [-0.2, 0) is 9.84 Å². The molecule has 2 saturated heterocycles. The third-order valence-corrected chi connectivity index (χ3v) is 8.74. The molecule has 0 amide bonds. The maximum absolute atomic E-state index is 14.3. The van der Waals surface area contributed by atoms with Crippen molar-refractivity contribution in [2.24, 2.45) is 11.8 Å². The van der Waals surface area contributed by atoms with E-state index in [0.717, 1.165) is 28.6 Å². The van der Waals surface area contributed by atoms with Crippen molar-refractivity contribution in [2.45, 2.75) is 52.2 Å². The van der Waals surface area contributed by atoms with Gasteiger partial charge in [-0.25, -0.2) is 27.8 Å². The molecule has 2 fully saturated rings. The van der Waals surface area contributed by atoms with E-state index in [2.05, 4.69) is 50.9 Å². The SMILES string of the molecule is CC(C)c1ncc(N2C[C@H](CS(C)(=O)=O)[C@H]2C)c2cnc(Nc3ncnc(N4CC[C@H](C)[C@@H](F)C4)n3)cc12. The van der Waals surface area contributed by atoms with Crippen LogP contribution in [0.4, 0.5) is 27.8 Å². The van der Waals surface area contributed by atoms with Gasteiger partial charge in [0.05, 0.1) is 29.9 Å². The van der Waals surface area contributed by atoms with Crippen LogP contribution in [0.25, 0.3) is 10.8 Å². The second-order valence-corrected chi connectivity index (χ2v) is 13.2. The molecule has 10 nitrogen and oxygen atoms in total. The standard InChI is InChI=1S/C26H35FN8O2S/c1-15(2)24-19-8-23(32-25-30-14-31-26(33-25)34-7-6-16(3)21(27)12-34)28-9-20(19)22(10-29-24)35-11-18(17(35)4)13-38(5,36)37/h8-10,14-18,21H,6-7,11-13H2,1-5H3,(H,28,30,31,32,33)/t16-,17+,18+,21-/m0/s1. The van der Waals surface area contributed by atoms with Gasteiger partial charge >= 0.3 is 0 Å². The summed E-state index contributed by atoms with van der Waals surface area (Å²) < 4.78 is 37.9. The summed E-state index contributed by atoms with van der Waals surface area (Å²) in [6.07, 6.45) is 6.24. The number of pyridine rings is 2. The molecule has 0 aromatic carbocycles. The Morgan fingerprint density at radius 3 is 2.58 bits per heavy atom. The first-order valence-corrected chi connectivity index (χ1v) is 15.1. The van der Waals surface area contributed by atoms with Gasteiger partial charge in [0.15, 0.2) is 0 Å². The fraction of sp³-hybridized carbons (Fsp3) is 0.577. The predicted octanol–water partition coefficient (Wildman–Crippen LogP) is 3.74. The molecular weight excluding hydrogens is 507 g/mol. The molecule has 0 spiro atoms. The number of anilines is 4. The Balaban J connectivity index is 1.41. The molecule has 3 aromatic heterocycles. The van der Waals surface area contributed by atoms with Crippen molar-refractivity contribution < 1.29 is 12.8 Å². The van der Waals surface area contributed by atoms with Gasteiger partial charge < -0.3 is 15.1 Å². The first kappa shape index (κ1) is 26.5. The van der Waals surface area contributed by atoms with Gasteiger partial charge in [-0.05, 0) is 31.2 Å². The molecule has 0 saturated carbocycles. The molecule has 0 radical (unpaired) electrons. The number of alkyl halides is 1. The first-order chi connectivity index (χ1) is 18.0. The highest BCUT2D eigenvalue weighted by molar-refractivity contribution is 7.90. The van der Waals surface area contributed by atoms with Crippen molar-refractivity contribution in [1.82, 2.24) is 24.9 Å². The molecule has 1 N–H and O–H groups in total. The second kappa shape index (κ2) is 10.2. The number of sulfone groups is 1. The third-order valence-electron chi connectivity index (χ3n) is 7.71. The first-order valence-electron chi connectivity index (χ1n) is 13.1. The van der Waals surface area contributed by atoms with E-state index in [-0.39, 0.29) is 36.1 Å². The van der Waals surface area contributed by atoms with Crippen LogP contribution in [0.1, 0.15) is 45.7 Å². The van der Waals surface area contributed by atoms with Gasteiger partial charge in [0.1, 0.15) is 28.2 Å². The monoisotopic (exact) mass is 542 g/mol. The number of hydrogen-bond acceptors (Lipinski definition) is 10. The highest BCUT2D eigenvalue weighted by Crippen LogP contribution is 2.38. The molecule has 5 rings (SSSR count). The van der Waals surface area contributed by atoms with Crippen LogP contribution in [0.5, 0.6) is 0 Å². The average Bonchev–Trinajstić information content (AvgIpc) is 2.86. The third kappa shape index (κ3) is 5.36. The summed E-state index contributed by atoms with van der Waals surface area (Å²) in [5.41, 5.74) is 1.89. The van der Waals surface area contributed by atoms with E-state index in [0.29, 0.717) is 30.8 Å². The van der Waals surface area contributed by atoms with E-state index >= 15 is 0 Å². The molecule has 204 valence electrons. The number of fused-ring (bicyclic) bond motifs is 1. The van der Waals surface area contributed by atoms with Gasteiger partial charge in [0.25, 0.3) is 0 Å². The number of halogens is 1. The van der Waals surface area contributed by atoms with Crippen LogP contribution in [0.15, 0.2) is 24.8 Å². The van der Waals surface area contributed by atoms with E-state index < -0.39 is 16.0 Å². The van der Waals surface area contributed by atoms with Crippen LogP contribution in [0.3, 0.4) is 0 Å². The van der Waals surface area contributed by atoms with E-state index in [1.54, 1.807) is 0 Å². The lowest BCUT2D eigenvalue weighted by Crippen LogP contribution is -2.57. The number of nitrogens with zero attached hydrogens (tertiary/aromatic N) is 7. The van der Waals surface area contributed by atoms with Crippen molar-refractivity contribution in [2.75, 3.05) is 46.8 Å². The largest absolute Gasteiger partial charge is 0.366 e. The zero-order valence-corrected chi connectivity index (χ0v) is 23.3. The van der Waals surface area contributed by atoms with Gasteiger partial charge in [-0.2, -0.15) is 4.98 Å². The minimum atomic E-state index is -3.04. The zero-order valence-electron chi connectivity index (χ0n) is 22.5. The molecule has 4 atom stereocenters. The summed E-state index contributed by atoms with van der Waals surface area (Å²) in [5.74, 6) is 1.85. The fourth-order valence-corrected chi connectivity index (χ4v) is 6.47. The van der Waals surface area contributed by atoms with Crippen molar-refractivity contribution in [3.05, 3.63) is 30.5 Å². The van der Waals surface area contributed by atoms with Crippen molar-refractivity contribution in [3.63, 3.8) is 0 Å². The predicted molar refractivity (Wildman–Crippen MR) is 148 cm³/mol. The van der Waals surface area contributed by atoms with Gasteiger partial charge in [-0.1, -0.05) is 20.8 Å². The Hall–Kier alpha value is -3.15. The Morgan fingerprint density at radius 2 is 1.89 bits per heavy atom. The molecule has 3 aromatic rings. The summed E-state index contributed by atoms with van der Waals surface area (Å²) in [5, 5.41) is 5.11. The van der Waals surface area contributed by atoms with E-state index in [9.17, 15) is 12.8 Å². The Labute approximate surface area is 223 Å². The summed E-state index contributed by atoms with van der Waals surface area (Å²) >= 11 is 0. The van der Waals surface area contributed by atoms with Gasteiger partial charge in [0.2, 0.25) is 11.9 Å². The summed E-state index contributed by atoms with van der Waals surface area (Å²) in [4.78, 5) is 26.5. The quantitative estimate of drug-likeness (QED) is 0.473. The maximum Gasteiger partial charge on any atom is 0.233 e. The molecule has 2 aliphatic heterocycles. The van der Waals surface area contributed by atoms with E-state index in [4.69, 9.17) is 4.98 Å². The lowest BCUT2D eigenvalue weighted by molar-refractivity contribution is 0.210. The Bertz CT molecular complexity index is 1440. The summed E-state index contributed by atoms with van der Waals surface area (Å²) in [6, 6.07) is 2.03. The number of hydrogen-bond donors (Lipinski definition) is 1. The highest BCUT2D eigenvalue weighted by atomic mass is 32.2. The normalized spacial score (nSPS) is 24.1. The number of rotatable bonds is 7. The van der Waals surface area contributed by atoms with Crippen molar-refractivity contribution >= 4 is 44.0 Å². The summed E-state index contributed by atoms with van der Waals surface area (Å²) in [6.45, 7) is 9.80. The molecule has 0 aliphatic carbocycles. The molecule has 0 bridgehead atoms. The number of aromatic nitrogens is 5. The number of piperidine rings is 1. The fourth-order valence-electron chi connectivity index (χ4n) is 5.30. The van der Waals surface area contributed by atoms with E-state index in [1.165, 1.54) is 12.6 Å². The van der Waals surface area contributed by atoms with Crippen LogP contribution in [0, 0.1) is 11.8 Å². The van der Waals surface area contributed by atoms with Crippen LogP contribution < -0.4 is 15.1 Å². The molecule has 12 heteroatoms. The highest BCUT2D eigenvalue weighted by Gasteiger charge is 2.38. The van der Waals surface area contributed by atoms with Gasteiger partial charge in [-0.3, -0.25) is 4.98 Å². The Morgan fingerprint density at radius 1 is 1.11 bits per heavy atom. The maximum atomic E-state index is 14.3. The van der Waals surface area contributed by atoms with Gasteiger partial charge in [-0.15, -0.1) is 0 Å². The molecule has 38 heavy (non-hydrogen) atoms. The molecule has 0 unspecified atom stereocenters. The average molecular weight is 543 g/mol. The molecule has 5 heterocycles. The lowest BCUT2D eigenvalue weighted by atomic mass is 9.90.